The lowest BCUT2D eigenvalue weighted by atomic mass is 10.1. The van der Waals surface area contributed by atoms with Crippen molar-refractivity contribution in [1.29, 1.82) is 0 Å². The first-order chi connectivity index (χ1) is 13.7. The highest BCUT2D eigenvalue weighted by Gasteiger charge is 2.18. The summed E-state index contributed by atoms with van der Waals surface area (Å²) in [4.78, 5) is 12.6. The van der Waals surface area contributed by atoms with Gasteiger partial charge in [0.05, 0.1) is 7.11 Å². The lowest BCUT2D eigenvalue weighted by Crippen LogP contribution is -2.38. The molecule has 0 spiro atoms. The van der Waals surface area contributed by atoms with Crippen molar-refractivity contribution in [2.24, 2.45) is 0 Å². The normalized spacial score (nSPS) is 11.8. The van der Waals surface area contributed by atoms with Crippen molar-refractivity contribution in [1.82, 2.24) is 5.32 Å². The van der Waals surface area contributed by atoms with Crippen LogP contribution in [0.1, 0.15) is 25.3 Å². The molecule has 4 nitrogen and oxygen atoms in total. The third-order valence-electron chi connectivity index (χ3n) is 4.78. The van der Waals surface area contributed by atoms with Crippen molar-refractivity contribution in [3.05, 3.63) is 72.3 Å². The summed E-state index contributed by atoms with van der Waals surface area (Å²) in [7, 11) is 1.66. The van der Waals surface area contributed by atoms with E-state index in [2.05, 4.69) is 17.4 Å². The zero-order valence-corrected chi connectivity index (χ0v) is 16.5. The molecule has 0 saturated carbocycles. The third kappa shape index (κ3) is 5.03. The Kier molecular flexibility index (Phi) is 6.90. The average Bonchev–Trinajstić information content (AvgIpc) is 2.75. The van der Waals surface area contributed by atoms with Gasteiger partial charge in [0.15, 0.2) is 6.10 Å². The predicted molar refractivity (Wildman–Crippen MR) is 113 cm³/mol. The van der Waals surface area contributed by atoms with E-state index in [0.717, 1.165) is 35.1 Å². The summed E-state index contributed by atoms with van der Waals surface area (Å²) >= 11 is 0. The van der Waals surface area contributed by atoms with Crippen LogP contribution in [0.15, 0.2) is 66.7 Å². The van der Waals surface area contributed by atoms with Gasteiger partial charge in [-0.3, -0.25) is 4.79 Å². The van der Waals surface area contributed by atoms with Gasteiger partial charge in [0, 0.05) is 11.9 Å². The third-order valence-corrected chi connectivity index (χ3v) is 4.78. The molecule has 1 atom stereocenters. The molecule has 3 aromatic carbocycles. The number of aryl methyl sites for hydroxylation is 1. The van der Waals surface area contributed by atoms with Crippen LogP contribution in [0, 0.1) is 0 Å². The first-order valence-corrected chi connectivity index (χ1v) is 9.76. The van der Waals surface area contributed by atoms with E-state index in [4.69, 9.17) is 9.47 Å². The fourth-order valence-corrected chi connectivity index (χ4v) is 3.18. The Morgan fingerprint density at radius 3 is 2.50 bits per heavy atom. The highest BCUT2D eigenvalue weighted by molar-refractivity contribution is 5.89. The molecule has 0 aromatic heterocycles. The Bertz CT molecular complexity index is 900. The molecule has 3 aromatic rings. The maximum atomic E-state index is 12.6. The summed E-state index contributed by atoms with van der Waals surface area (Å²) in [5, 5.41) is 5.14. The number of carbonyl (C=O) groups excluding carboxylic acids is 1. The van der Waals surface area contributed by atoms with E-state index in [0.29, 0.717) is 13.0 Å². The topological polar surface area (TPSA) is 47.6 Å². The molecular weight excluding hydrogens is 350 g/mol. The first kappa shape index (κ1) is 19.7. The van der Waals surface area contributed by atoms with E-state index in [9.17, 15) is 4.79 Å². The van der Waals surface area contributed by atoms with Gasteiger partial charge in [0.2, 0.25) is 0 Å². The Morgan fingerprint density at radius 2 is 1.75 bits per heavy atom. The van der Waals surface area contributed by atoms with Crippen molar-refractivity contribution in [3.63, 3.8) is 0 Å². The maximum Gasteiger partial charge on any atom is 0.261 e. The van der Waals surface area contributed by atoms with E-state index in [1.807, 2.05) is 61.5 Å². The minimum Gasteiger partial charge on any atom is -0.497 e. The van der Waals surface area contributed by atoms with Crippen molar-refractivity contribution >= 4 is 16.7 Å². The summed E-state index contributed by atoms with van der Waals surface area (Å²) in [6, 6.07) is 22.0. The van der Waals surface area contributed by atoms with Gasteiger partial charge in [-0.05, 0) is 48.4 Å². The number of ether oxygens (including phenoxy) is 2. The van der Waals surface area contributed by atoms with Crippen LogP contribution >= 0.6 is 0 Å². The van der Waals surface area contributed by atoms with E-state index >= 15 is 0 Å². The van der Waals surface area contributed by atoms with E-state index in [-0.39, 0.29) is 5.91 Å². The van der Waals surface area contributed by atoms with Gasteiger partial charge in [0.1, 0.15) is 11.5 Å². The Balaban J connectivity index is 1.51. The molecule has 0 bridgehead atoms. The van der Waals surface area contributed by atoms with Gasteiger partial charge < -0.3 is 14.8 Å². The fourth-order valence-electron chi connectivity index (χ4n) is 3.18. The second-order valence-corrected chi connectivity index (χ2v) is 6.73. The highest BCUT2D eigenvalue weighted by atomic mass is 16.5. The Labute approximate surface area is 166 Å². The van der Waals surface area contributed by atoms with Gasteiger partial charge in [-0.15, -0.1) is 0 Å². The Hall–Kier alpha value is -3.01. The average molecular weight is 377 g/mol. The SMILES string of the molecule is CCC(Oc1cccc2ccccc12)C(=O)NCCCc1ccc(OC)cc1. The van der Waals surface area contributed by atoms with Crippen LogP contribution in [0.25, 0.3) is 10.8 Å². The maximum absolute atomic E-state index is 12.6. The fraction of sp³-hybridized carbons (Fsp3) is 0.292. The first-order valence-electron chi connectivity index (χ1n) is 9.76. The molecule has 0 aliphatic carbocycles. The largest absolute Gasteiger partial charge is 0.497 e. The quantitative estimate of drug-likeness (QED) is 0.547. The van der Waals surface area contributed by atoms with E-state index < -0.39 is 6.10 Å². The zero-order valence-electron chi connectivity index (χ0n) is 16.5. The van der Waals surface area contributed by atoms with Crippen LogP contribution in [-0.4, -0.2) is 25.7 Å². The number of amides is 1. The van der Waals surface area contributed by atoms with E-state index in [1.165, 1.54) is 5.56 Å². The Morgan fingerprint density at radius 1 is 1.00 bits per heavy atom. The lowest BCUT2D eigenvalue weighted by molar-refractivity contribution is -0.128. The number of fused-ring (bicyclic) bond motifs is 1. The zero-order chi connectivity index (χ0) is 19.8. The van der Waals surface area contributed by atoms with E-state index in [1.54, 1.807) is 7.11 Å². The molecule has 3 rings (SSSR count). The molecule has 1 N–H and O–H groups in total. The van der Waals surface area contributed by atoms with Crippen LogP contribution in [0.3, 0.4) is 0 Å². The van der Waals surface area contributed by atoms with Gasteiger partial charge in [-0.2, -0.15) is 0 Å². The van der Waals surface area contributed by atoms with Crippen LogP contribution < -0.4 is 14.8 Å². The number of benzene rings is 3. The number of methoxy groups -OCH3 is 1. The molecule has 0 heterocycles. The van der Waals surface area contributed by atoms with Crippen LogP contribution in [0.2, 0.25) is 0 Å². The van der Waals surface area contributed by atoms with Gasteiger partial charge in [0.25, 0.3) is 5.91 Å². The number of hydrogen-bond donors (Lipinski definition) is 1. The smallest absolute Gasteiger partial charge is 0.261 e. The molecule has 0 saturated heterocycles. The molecule has 146 valence electrons. The number of nitrogens with one attached hydrogen (secondary N) is 1. The number of carbonyl (C=O) groups is 1. The summed E-state index contributed by atoms with van der Waals surface area (Å²) in [6.45, 7) is 2.59. The van der Waals surface area contributed by atoms with Crippen molar-refractivity contribution < 1.29 is 14.3 Å². The summed E-state index contributed by atoms with van der Waals surface area (Å²) < 4.78 is 11.2. The predicted octanol–water partition coefficient (Wildman–Crippen LogP) is 4.75. The highest BCUT2D eigenvalue weighted by Crippen LogP contribution is 2.26. The van der Waals surface area contributed by atoms with Gasteiger partial charge in [-0.1, -0.05) is 55.5 Å². The van der Waals surface area contributed by atoms with Gasteiger partial charge >= 0.3 is 0 Å². The minimum atomic E-state index is -0.494. The van der Waals surface area contributed by atoms with Crippen LogP contribution in [0.5, 0.6) is 11.5 Å². The van der Waals surface area contributed by atoms with Gasteiger partial charge in [-0.25, -0.2) is 0 Å². The summed E-state index contributed by atoms with van der Waals surface area (Å²) in [5.41, 5.74) is 1.23. The standard InChI is InChI=1S/C24H27NO3/c1-3-22(28-23-12-6-10-19-9-4-5-11-21(19)23)24(26)25-17-7-8-18-13-15-20(27-2)16-14-18/h4-6,9-16,22H,3,7-8,17H2,1-2H3,(H,25,26). The second-order valence-electron chi connectivity index (χ2n) is 6.73. The summed E-state index contributed by atoms with van der Waals surface area (Å²) in [6.07, 6.45) is 1.91. The van der Waals surface area contributed by atoms with Crippen molar-refractivity contribution in [2.75, 3.05) is 13.7 Å². The molecule has 0 aliphatic rings. The molecule has 1 amide bonds. The van der Waals surface area contributed by atoms with Crippen LogP contribution in [0.4, 0.5) is 0 Å². The minimum absolute atomic E-state index is 0.0647. The monoisotopic (exact) mass is 377 g/mol. The van der Waals surface area contributed by atoms with Crippen molar-refractivity contribution in [3.8, 4) is 11.5 Å². The number of rotatable bonds is 9. The lowest BCUT2D eigenvalue weighted by Gasteiger charge is -2.18. The summed E-state index contributed by atoms with van der Waals surface area (Å²) in [5.74, 6) is 1.54. The molecule has 0 radical (unpaired) electrons. The second kappa shape index (κ2) is 9.79. The molecule has 1 unspecified atom stereocenters. The van der Waals surface area contributed by atoms with Crippen LogP contribution in [-0.2, 0) is 11.2 Å². The number of hydrogen-bond acceptors (Lipinski definition) is 3. The molecule has 28 heavy (non-hydrogen) atoms. The molecular formula is C24H27NO3. The molecule has 0 aliphatic heterocycles. The molecule has 0 fully saturated rings. The molecule has 4 heteroatoms. The van der Waals surface area contributed by atoms with Crippen molar-refractivity contribution in [2.45, 2.75) is 32.3 Å².